The molecule has 0 radical (unpaired) electrons. The maximum atomic E-state index is 12.6. The molecule has 6 heteroatoms. The lowest BCUT2D eigenvalue weighted by atomic mass is 10.1. The number of alkyl halides is 3. The molecule has 3 nitrogen and oxygen atoms in total. The molecular formula is C18H16F3NO2. The van der Waals surface area contributed by atoms with Crippen molar-refractivity contribution in [3.63, 3.8) is 0 Å². The van der Waals surface area contributed by atoms with Gasteiger partial charge in [-0.25, -0.2) is 0 Å². The normalized spacial score (nSPS) is 18.5. The van der Waals surface area contributed by atoms with E-state index in [0.29, 0.717) is 19.7 Å². The molecule has 1 amide bonds. The van der Waals surface area contributed by atoms with Crippen LogP contribution in [0.15, 0.2) is 54.6 Å². The smallest absolute Gasteiger partial charge is 0.370 e. The average molecular weight is 335 g/mol. The fraction of sp³-hybridized carbons (Fsp3) is 0.278. The zero-order chi connectivity index (χ0) is 17.2. The van der Waals surface area contributed by atoms with E-state index < -0.39 is 11.7 Å². The third-order valence-corrected chi connectivity index (χ3v) is 3.98. The van der Waals surface area contributed by atoms with E-state index in [0.717, 1.165) is 17.7 Å². The Labute approximate surface area is 137 Å². The number of amides is 1. The number of rotatable bonds is 2. The van der Waals surface area contributed by atoms with Crippen LogP contribution in [0.2, 0.25) is 0 Å². The minimum absolute atomic E-state index is 0.224. The van der Waals surface area contributed by atoms with Gasteiger partial charge in [0.2, 0.25) is 0 Å². The predicted octanol–water partition coefficient (Wildman–Crippen LogP) is 3.92. The van der Waals surface area contributed by atoms with Crippen molar-refractivity contribution in [2.75, 3.05) is 19.7 Å². The van der Waals surface area contributed by atoms with Crippen LogP contribution in [0.1, 0.15) is 27.6 Å². The lowest BCUT2D eigenvalue weighted by Gasteiger charge is -2.33. The van der Waals surface area contributed by atoms with Crippen molar-refractivity contribution in [1.82, 2.24) is 4.90 Å². The molecule has 0 aliphatic carbocycles. The molecule has 0 unspecified atom stereocenters. The van der Waals surface area contributed by atoms with Crippen molar-refractivity contribution < 1.29 is 22.7 Å². The van der Waals surface area contributed by atoms with Gasteiger partial charge in [-0.05, 0) is 29.8 Å². The Bertz CT molecular complexity index is 698. The van der Waals surface area contributed by atoms with Crippen molar-refractivity contribution in [3.05, 3.63) is 71.3 Å². The molecule has 2 aromatic rings. The van der Waals surface area contributed by atoms with E-state index in [4.69, 9.17) is 4.74 Å². The number of hydrogen-bond acceptors (Lipinski definition) is 2. The number of halogens is 3. The van der Waals surface area contributed by atoms with Gasteiger partial charge in [-0.15, -0.1) is 0 Å². The van der Waals surface area contributed by atoms with Crippen molar-refractivity contribution in [2.24, 2.45) is 0 Å². The van der Waals surface area contributed by atoms with Crippen LogP contribution >= 0.6 is 0 Å². The monoisotopic (exact) mass is 335 g/mol. The topological polar surface area (TPSA) is 29.5 Å². The lowest BCUT2D eigenvalue weighted by molar-refractivity contribution is -0.137. The van der Waals surface area contributed by atoms with Gasteiger partial charge in [-0.3, -0.25) is 4.79 Å². The summed E-state index contributed by atoms with van der Waals surface area (Å²) in [5.41, 5.74) is 0.460. The number of carbonyl (C=O) groups excluding carboxylic acids is 1. The summed E-state index contributed by atoms with van der Waals surface area (Å²) >= 11 is 0. The summed E-state index contributed by atoms with van der Waals surface area (Å²) in [5, 5.41) is 0. The summed E-state index contributed by atoms with van der Waals surface area (Å²) in [6.45, 7) is 1.19. The molecule has 1 heterocycles. The fourth-order valence-electron chi connectivity index (χ4n) is 2.69. The molecule has 0 aromatic heterocycles. The largest absolute Gasteiger partial charge is 0.416 e. The molecule has 1 aliphatic rings. The van der Waals surface area contributed by atoms with Gasteiger partial charge < -0.3 is 9.64 Å². The highest BCUT2D eigenvalue weighted by atomic mass is 19.4. The first-order chi connectivity index (χ1) is 11.4. The number of nitrogens with zero attached hydrogens (tertiary/aromatic N) is 1. The Balaban J connectivity index is 1.73. The molecule has 2 aromatic carbocycles. The van der Waals surface area contributed by atoms with Crippen LogP contribution in [0.5, 0.6) is 0 Å². The second-order valence-electron chi connectivity index (χ2n) is 5.60. The molecule has 0 saturated carbocycles. The summed E-state index contributed by atoms with van der Waals surface area (Å²) in [6.07, 6.45) is -4.63. The summed E-state index contributed by atoms with van der Waals surface area (Å²) in [5.74, 6) is -0.284. The predicted molar refractivity (Wildman–Crippen MR) is 82.5 cm³/mol. The minimum Gasteiger partial charge on any atom is -0.370 e. The van der Waals surface area contributed by atoms with E-state index in [2.05, 4.69) is 0 Å². The van der Waals surface area contributed by atoms with Gasteiger partial charge in [-0.2, -0.15) is 13.2 Å². The van der Waals surface area contributed by atoms with Crippen molar-refractivity contribution in [1.29, 1.82) is 0 Å². The Morgan fingerprint density at radius 1 is 1.04 bits per heavy atom. The Kier molecular flexibility index (Phi) is 4.57. The van der Waals surface area contributed by atoms with E-state index in [1.54, 1.807) is 4.90 Å². The summed E-state index contributed by atoms with van der Waals surface area (Å²) < 4.78 is 43.5. The van der Waals surface area contributed by atoms with E-state index >= 15 is 0 Å². The van der Waals surface area contributed by atoms with Crippen LogP contribution in [-0.2, 0) is 10.9 Å². The maximum absolute atomic E-state index is 12.6. The van der Waals surface area contributed by atoms with Crippen LogP contribution in [0, 0.1) is 0 Å². The van der Waals surface area contributed by atoms with E-state index in [1.165, 1.54) is 12.1 Å². The first-order valence-electron chi connectivity index (χ1n) is 7.58. The van der Waals surface area contributed by atoms with E-state index in [9.17, 15) is 18.0 Å². The molecule has 0 spiro atoms. The Hall–Kier alpha value is -2.34. The summed E-state index contributed by atoms with van der Waals surface area (Å²) in [7, 11) is 0. The van der Waals surface area contributed by atoms with Gasteiger partial charge >= 0.3 is 6.18 Å². The summed E-state index contributed by atoms with van der Waals surface area (Å²) in [6, 6.07) is 13.9. The maximum Gasteiger partial charge on any atom is 0.416 e. The van der Waals surface area contributed by atoms with E-state index in [-0.39, 0.29) is 17.6 Å². The molecule has 1 saturated heterocycles. The zero-order valence-corrected chi connectivity index (χ0v) is 12.8. The molecule has 0 bridgehead atoms. The molecule has 0 N–H and O–H groups in total. The Morgan fingerprint density at radius 2 is 1.71 bits per heavy atom. The first-order valence-corrected chi connectivity index (χ1v) is 7.58. The Morgan fingerprint density at radius 3 is 2.33 bits per heavy atom. The third kappa shape index (κ3) is 3.59. The molecule has 1 atom stereocenters. The van der Waals surface area contributed by atoms with Crippen LogP contribution in [0.3, 0.4) is 0 Å². The van der Waals surface area contributed by atoms with Crippen molar-refractivity contribution >= 4 is 5.91 Å². The molecular weight excluding hydrogens is 319 g/mol. The molecule has 126 valence electrons. The number of ether oxygens (including phenoxy) is 1. The first kappa shape index (κ1) is 16.5. The number of carbonyl (C=O) groups is 1. The zero-order valence-electron chi connectivity index (χ0n) is 12.8. The van der Waals surface area contributed by atoms with Crippen molar-refractivity contribution in [3.8, 4) is 0 Å². The van der Waals surface area contributed by atoms with E-state index in [1.807, 2.05) is 30.3 Å². The quantitative estimate of drug-likeness (QED) is 0.832. The van der Waals surface area contributed by atoms with Gasteiger partial charge in [-0.1, -0.05) is 30.3 Å². The minimum atomic E-state index is -4.40. The second-order valence-corrected chi connectivity index (χ2v) is 5.60. The lowest BCUT2D eigenvalue weighted by Crippen LogP contribution is -2.42. The average Bonchev–Trinajstić information content (AvgIpc) is 2.61. The highest BCUT2D eigenvalue weighted by Crippen LogP contribution is 2.29. The number of hydrogen-bond donors (Lipinski definition) is 0. The van der Waals surface area contributed by atoms with Crippen LogP contribution in [0.4, 0.5) is 13.2 Å². The van der Waals surface area contributed by atoms with Crippen LogP contribution in [-0.4, -0.2) is 30.5 Å². The van der Waals surface area contributed by atoms with Gasteiger partial charge in [0.1, 0.15) is 6.10 Å². The van der Waals surface area contributed by atoms with Gasteiger partial charge in [0.15, 0.2) is 0 Å². The molecule has 3 rings (SSSR count). The molecule has 1 fully saturated rings. The standard InChI is InChI=1S/C18H16F3NO2/c19-18(20,21)15-8-6-14(7-9-15)17(23)22-10-11-24-16(12-22)13-4-2-1-3-5-13/h1-9,16H,10-12H2/t16-/m0/s1. The molecule has 24 heavy (non-hydrogen) atoms. The van der Waals surface area contributed by atoms with Crippen LogP contribution in [0.25, 0.3) is 0 Å². The molecule has 1 aliphatic heterocycles. The number of morpholine rings is 1. The third-order valence-electron chi connectivity index (χ3n) is 3.98. The van der Waals surface area contributed by atoms with Crippen molar-refractivity contribution in [2.45, 2.75) is 12.3 Å². The van der Waals surface area contributed by atoms with Gasteiger partial charge in [0, 0.05) is 12.1 Å². The number of benzene rings is 2. The fourth-order valence-corrected chi connectivity index (χ4v) is 2.69. The van der Waals surface area contributed by atoms with Gasteiger partial charge in [0.25, 0.3) is 5.91 Å². The SMILES string of the molecule is O=C(c1ccc(C(F)(F)F)cc1)N1CCO[C@H](c2ccccc2)C1. The highest BCUT2D eigenvalue weighted by molar-refractivity contribution is 5.94. The van der Waals surface area contributed by atoms with Crippen LogP contribution < -0.4 is 0 Å². The van der Waals surface area contributed by atoms with Gasteiger partial charge in [0.05, 0.1) is 18.7 Å². The second kappa shape index (κ2) is 6.65. The summed E-state index contributed by atoms with van der Waals surface area (Å²) in [4.78, 5) is 14.1. The highest BCUT2D eigenvalue weighted by Gasteiger charge is 2.31.